The highest BCUT2D eigenvalue weighted by Crippen LogP contribution is 2.26. The summed E-state index contributed by atoms with van der Waals surface area (Å²) in [7, 11) is 3.29. The molecule has 0 radical (unpaired) electrons. The van der Waals surface area contributed by atoms with E-state index in [1.165, 1.54) is 24.6 Å². The number of nitrogens with zero attached hydrogens (tertiary/aromatic N) is 4. The van der Waals surface area contributed by atoms with Gasteiger partial charge in [0.15, 0.2) is 0 Å². The van der Waals surface area contributed by atoms with Crippen LogP contribution in [-0.4, -0.2) is 45.0 Å². The van der Waals surface area contributed by atoms with Crippen LogP contribution in [0.15, 0.2) is 60.3 Å². The Kier molecular flexibility index (Phi) is 6.49. The number of carbonyl (C=O) groups excluding carboxylic acids is 1. The molecule has 146 valence electrons. The van der Waals surface area contributed by atoms with Gasteiger partial charge < -0.3 is 9.30 Å². The second-order valence-electron chi connectivity index (χ2n) is 6.45. The molecule has 0 aliphatic carbocycles. The molecule has 1 aromatic carbocycles. The Labute approximate surface area is 169 Å². The molecule has 2 heterocycles. The van der Waals surface area contributed by atoms with Crippen LogP contribution >= 0.6 is 11.9 Å². The lowest BCUT2D eigenvalue weighted by Crippen LogP contribution is -2.34. The quantitative estimate of drug-likeness (QED) is 0.327. The van der Waals surface area contributed by atoms with Gasteiger partial charge in [-0.1, -0.05) is 18.2 Å². The number of fused-ring (bicyclic) bond motifs is 1. The third kappa shape index (κ3) is 4.43. The fourth-order valence-electron chi connectivity index (χ4n) is 3.06. The van der Waals surface area contributed by atoms with Gasteiger partial charge in [0.25, 0.3) is 0 Å². The van der Waals surface area contributed by atoms with Crippen LogP contribution in [0.1, 0.15) is 17.8 Å². The number of carbonyl (C=O) groups is 1. The Morgan fingerprint density at radius 2 is 2.11 bits per heavy atom. The molecule has 0 saturated heterocycles. The van der Waals surface area contributed by atoms with Crippen molar-refractivity contribution in [3.05, 3.63) is 66.8 Å². The topological polar surface area (TPSA) is 60.2 Å². The van der Waals surface area contributed by atoms with Crippen molar-refractivity contribution in [2.75, 3.05) is 14.2 Å². The van der Waals surface area contributed by atoms with Gasteiger partial charge in [0.2, 0.25) is 0 Å². The van der Waals surface area contributed by atoms with Gasteiger partial charge in [-0.2, -0.15) is 0 Å². The lowest BCUT2D eigenvalue weighted by atomic mass is 10.2. The minimum atomic E-state index is -0.360. The van der Waals surface area contributed by atoms with Gasteiger partial charge in [0.1, 0.15) is 17.4 Å². The van der Waals surface area contributed by atoms with Gasteiger partial charge in [-0.3, -0.25) is 9.78 Å². The van der Waals surface area contributed by atoms with Crippen LogP contribution in [0.25, 0.3) is 11.0 Å². The number of pyridine rings is 1. The normalized spacial score (nSPS) is 12.3. The van der Waals surface area contributed by atoms with Crippen molar-refractivity contribution in [3.63, 3.8) is 0 Å². The number of methoxy groups -OCH3 is 1. The molecule has 6 nitrogen and oxygen atoms in total. The van der Waals surface area contributed by atoms with Gasteiger partial charge in [0.05, 0.1) is 18.8 Å². The molecule has 0 aliphatic rings. The molecular weight excluding hydrogens is 372 g/mol. The van der Waals surface area contributed by atoms with Crippen molar-refractivity contribution < 1.29 is 9.53 Å². The highest BCUT2D eigenvalue weighted by atomic mass is 32.2. The smallest absolute Gasteiger partial charge is 0.324 e. The molecule has 0 fully saturated rings. The van der Waals surface area contributed by atoms with Crippen molar-refractivity contribution in [1.82, 2.24) is 18.8 Å². The molecule has 3 rings (SSSR count). The molecular formula is C21H24N4O2S. The maximum Gasteiger partial charge on any atom is 0.324 e. The molecule has 0 saturated carbocycles. The van der Waals surface area contributed by atoms with Gasteiger partial charge in [-0.15, -0.1) is 6.58 Å². The lowest BCUT2D eigenvalue weighted by molar-refractivity contribution is -0.144. The Balaban J connectivity index is 1.72. The van der Waals surface area contributed by atoms with Crippen molar-refractivity contribution >= 4 is 29.0 Å². The fraction of sp³-hybridized carbons (Fsp3) is 0.286. The van der Waals surface area contributed by atoms with Crippen molar-refractivity contribution in [1.29, 1.82) is 0 Å². The van der Waals surface area contributed by atoms with E-state index in [9.17, 15) is 4.79 Å². The number of rotatable bonds is 8. The van der Waals surface area contributed by atoms with E-state index in [1.807, 2.05) is 24.3 Å². The van der Waals surface area contributed by atoms with Crippen LogP contribution in [0.2, 0.25) is 0 Å². The molecule has 0 bridgehead atoms. The average molecular weight is 397 g/mol. The predicted molar refractivity (Wildman–Crippen MR) is 112 cm³/mol. The highest BCUT2D eigenvalue weighted by Gasteiger charge is 2.23. The SMILES string of the molecule is C=CCC(C(=O)OC)N(C)Sc1ccc(Cn2c(C)nc3cnccc32)cc1. The second kappa shape index (κ2) is 9.03. The molecule has 1 atom stereocenters. The summed E-state index contributed by atoms with van der Waals surface area (Å²) in [4.78, 5) is 21.7. The largest absolute Gasteiger partial charge is 0.468 e. The molecule has 2 aromatic heterocycles. The molecule has 0 N–H and O–H groups in total. The summed E-state index contributed by atoms with van der Waals surface area (Å²) in [5.74, 6) is 0.704. The number of benzene rings is 1. The number of aromatic nitrogens is 3. The maximum absolute atomic E-state index is 12.0. The summed E-state index contributed by atoms with van der Waals surface area (Å²) >= 11 is 1.52. The average Bonchev–Trinajstić information content (AvgIpc) is 3.02. The number of ether oxygens (including phenoxy) is 1. The standard InChI is InChI=1S/C21H24N4O2S/c1-5-6-20(21(26)27-4)24(3)28-17-9-7-16(8-10-17)14-25-15(2)23-18-13-22-12-11-19(18)25/h5,7-13,20H,1,6,14H2,2-4H3. The van der Waals surface area contributed by atoms with E-state index in [-0.39, 0.29) is 12.0 Å². The first-order chi connectivity index (χ1) is 13.5. The van der Waals surface area contributed by atoms with Crippen LogP contribution in [0.4, 0.5) is 0 Å². The Bertz CT molecular complexity index is 968. The summed E-state index contributed by atoms with van der Waals surface area (Å²) in [5, 5.41) is 0. The summed E-state index contributed by atoms with van der Waals surface area (Å²) in [6.07, 6.45) is 5.84. The van der Waals surface area contributed by atoms with Crippen molar-refractivity contribution in [2.24, 2.45) is 0 Å². The number of hydrogen-bond acceptors (Lipinski definition) is 6. The van der Waals surface area contributed by atoms with E-state index in [0.29, 0.717) is 6.42 Å². The van der Waals surface area contributed by atoms with Gasteiger partial charge in [0, 0.05) is 17.6 Å². The number of aryl methyl sites for hydroxylation is 1. The number of hydrogen-bond donors (Lipinski definition) is 0. The molecule has 0 spiro atoms. The van der Waals surface area contributed by atoms with E-state index < -0.39 is 0 Å². The predicted octanol–water partition coefficient (Wildman–Crippen LogP) is 3.84. The minimum Gasteiger partial charge on any atom is -0.468 e. The van der Waals surface area contributed by atoms with Crippen LogP contribution in [0.3, 0.4) is 0 Å². The molecule has 0 amide bonds. The zero-order valence-corrected chi connectivity index (χ0v) is 17.1. The third-order valence-corrected chi connectivity index (χ3v) is 5.58. The Morgan fingerprint density at radius 3 is 2.79 bits per heavy atom. The summed E-state index contributed by atoms with van der Waals surface area (Å²) in [6.45, 7) is 6.48. The maximum atomic E-state index is 12.0. The fourth-order valence-corrected chi connectivity index (χ4v) is 3.95. The minimum absolute atomic E-state index is 0.261. The number of imidazole rings is 1. The van der Waals surface area contributed by atoms with E-state index in [1.54, 1.807) is 18.5 Å². The van der Waals surface area contributed by atoms with Gasteiger partial charge >= 0.3 is 5.97 Å². The van der Waals surface area contributed by atoms with Crippen LogP contribution in [-0.2, 0) is 16.1 Å². The van der Waals surface area contributed by atoms with Crippen molar-refractivity contribution in [2.45, 2.75) is 30.8 Å². The Hall–Kier alpha value is -2.64. The second-order valence-corrected chi connectivity index (χ2v) is 7.68. The van der Waals surface area contributed by atoms with Crippen LogP contribution in [0, 0.1) is 6.92 Å². The highest BCUT2D eigenvalue weighted by molar-refractivity contribution is 7.97. The van der Waals surface area contributed by atoms with E-state index in [4.69, 9.17) is 4.74 Å². The molecule has 28 heavy (non-hydrogen) atoms. The van der Waals surface area contributed by atoms with Gasteiger partial charge in [-0.05, 0) is 56.1 Å². The Morgan fingerprint density at radius 1 is 1.36 bits per heavy atom. The first kappa shape index (κ1) is 20.1. The lowest BCUT2D eigenvalue weighted by Gasteiger charge is -2.23. The summed E-state index contributed by atoms with van der Waals surface area (Å²) in [6, 6.07) is 9.96. The van der Waals surface area contributed by atoms with E-state index in [2.05, 4.69) is 45.4 Å². The zero-order valence-electron chi connectivity index (χ0n) is 16.3. The van der Waals surface area contributed by atoms with Gasteiger partial charge in [-0.25, -0.2) is 9.29 Å². The number of likely N-dealkylation sites (N-methyl/N-ethyl adjacent to an activating group) is 1. The summed E-state index contributed by atoms with van der Waals surface area (Å²) < 4.78 is 8.98. The molecule has 1 unspecified atom stereocenters. The first-order valence-corrected chi connectivity index (χ1v) is 9.76. The van der Waals surface area contributed by atoms with E-state index in [0.717, 1.165) is 28.3 Å². The van der Waals surface area contributed by atoms with Crippen LogP contribution in [0.5, 0.6) is 0 Å². The first-order valence-electron chi connectivity index (χ1n) is 8.98. The summed E-state index contributed by atoms with van der Waals surface area (Å²) in [5.41, 5.74) is 3.17. The van der Waals surface area contributed by atoms with Crippen molar-refractivity contribution in [3.8, 4) is 0 Å². The zero-order chi connectivity index (χ0) is 20.1. The molecule has 0 aliphatic heterocycles. The molecule has 3 aromatic rings. The third-order valence-electron chi connectivity index (χ3n) is 4.56. The molecule has 7 heteroatoms. The van der Waals surface area contributed by atoms with Crippen LogP contribution < -0.4 is 0 Å². The monoisotopic (exact) mass is 396 g/mol. The number of esters is 1. The van der Waals surface area contributed by atoms with E-state index >= 15 is 0 Å².